The van der Waals surface area contributed by atoms with Crippen molar-refractivity contribution in [1.29, 1.82) is 0 Å². The van der Waals surface area contributed by atoms with E-state index in [9.17, 15) is 14.7 Å². The van der Waals surface area contributed by atoms with Gasteiger partial charge in [0.1, 0.15) is 5.60 Å². The summed E-state index contributed by atoms with van der Waals surface area (Å²) in [5.74, 6) is -1.23. The van der Waals surface area contributed by atoms with Gasteiger partial charge in [0.05, 0.1) is 30.7 Å². The molecule has 0 saturated heterocycles. The molecule has 1 aliphatic carbocycles. The summed E-state index contributed by atoms with van der Waals surface area (Å²) in [6, 6.07) is -1.65. The highest BCUT2D eigenvalue weighted by Gasteiger charge is 2.43. The number of carbonyl (C=O) groups excluding carboxylic acids is 2. The summed E-state index contributed by atoms with van der Waals surface area (Å²) in [5, 5.41) is 16.4. The third-order valence-corrected chi connectivity index (χ3v) is 3.44. The molecule has 1 rings (SSSR count). The number of aliphatic hydroxyl groups is 1. The molecule has 4 atom stereocenters. The summed E-state index contributed by atoms with van der Waals surface area (Å²) in [6.45, 7) is 6.99. The van der Waals surface area contributed by atoms with Crippen molar-refractivity contribution in [2.45, 2.75) is 64.3 Å². The third kappa shape index (κ3) is 5.61. The lowest BCUT2D eigenvalue weighted by atomic mass is 9.79. The first-order valence-electron chi connectivity index (χ1n) is 7.58. The topological polar surface area (TPSA) is 134 Å². The Morgan fingerprint density at radius 3 is 2.57 bits per heavy atom. The second-order valence-electron chi connectivity index (χ2n) is 6.37. The zero-order valence-electron chi connectivity index (χ0n) is 13.9. The largest absolute Gasteiger partial charge is 0.466 e. The number of azide groups is 1. The molecule has 0 aliphatic heterocycles. The molecule has 2 N–H and O–H groups in total. The molecule has 0 unspecified atom stereocenters. The molecule has 9 heteroatoms. The van der Waals surface area contributed by atoms with Crippen LogP contribution in [0.3, 0.4) is 0 Å². The van der Waals surface area contributed by atoms with Gasteiger partial charge in [0.2, 0.25) is 0 Å². The second-order valence-corrected chi connectivity index (χ2v) is 6.37. The average Bonchev–Trinajstić information content (AvgIpc) is 2.41. The van der Waals surface area contributed by atoms with Gasteiger partial charge in [0.15, 0.2) is 0 Å². The summed E-state index contributed by atoms with van der Waals surface area (Å²) in [6.07, 6.45) is -1.28. The smallest absolute Gasteiger partial charge is 0.407 e. The van der Waals surface area contributed by atoms with Crippen LogP contribution in [-0.4, -0.2) is 47.6 Å². The third-order valence-electron chi connectivity index (χ3n) is 3.44. The summed E-state index contributed by atoms with van der Waals surface area (Å²) < 4.78 is 10.1. The van der Waals surface area contributed by atoms with E-state index >= 15 is 0 Å². The van der Waals surface area contributed by atoms with Gasteiger partial charge in [0.25, 0.3) is 0 Å². The molecule has 9 nitrogen and oxygen atoms in total. The van der Waals surface area contributed by atoms with E-state index in [4.69, 9.17) is 15.0 Å². The van der Waals surface area contributed by atoms with Gasteiger partial charge in [-0.05, 0) is 46.1 Å². The van der Waals surface area contributed by atoms with Crippen molar-refractivity contribution < 1.29 is 24.2 Å². The fraction of sp³-hybridized carbons (Fsp3) is 0.857. The molecule has 1 aliphatic rings. The van der Waals surface area contributed by atoms with Gasteiger partial charge in [-0.15, -0.1) is 0 Å². The lowest BCUT2D eigenvalue weighted by Gasteiger charge is -2.38. The highest BCUT2D eigenvalue weighted by molar-refractivity contribution is 5.75. The molecule has 0 aromatic carbocycles. The highest BCUT2D eigenvalue weighted by Crippen LogP contribution is 2.29. The number of amides is 1. The number of carbonyl (C=O) groups is 2. The number of hydrogen-bond acceptors (Lipinski definition) is 6. The summed E-state index contributed by atoms with van der Waals surface area (Å²) >= 11 is 0. The quantitative estimate of drug-likeness (QED) is 0.352. The van der Waals surface area contributed by atoms with Crippen LogP contribution in [-0.2, 0) is 14.3 Å². The van der Waals surface area contributed by atoms with E-state index in [2.05, 4.69) is 15.3 Å². The molecule has 0 spiro atoms. The molecule has 23 heavy (non-hydrogen) atoms. The fourth-order valence-corrected chi connectivity index (χ4v) is 2.51. The van der Waals surface area contributed by atoms with Crippen LogP contribution in [0, 0.1) is 5.92 Å². The Balaban J connectivity index is 2.92. The lowest BCUT2D eigenvalue weighted by Crippen LogP contribution is -2.57. The van der Waals surface area contributed by atoms with Crippen molar-refractivity contribution in [1.82, 2.24) is 5.32 Å². The summed E-state index contributed by atoms with van der Waals surface area (Å²) in [7, 11) is 0. The van der Waals surface area contributed by atoms with Crippen molar-refractivity contribution in [3.8, 4) is 0 Å². The van der Waals surface area contributed by atoms with Gasteiger partial charge in [0, 0.05) is 4.91 Å². The second kappa shape index (κ2) is 8.03. The van der Waals surface area contributed by atoms with E-state index in [1.807, 2.05) is 0 Å². The number of nitrogens with zero attached hydrogens (tertiary/aromatic N) is 3. The Morgan fingerprint density at radius 1 is 1.39 bits per heavy atom. The Bertz CT molecular complexity index is 484. The van der Waals surface area contributed by atoms with E-state index < -0.39 is 41.8 Å². The number of esters is 1. The highest BCUT2D eigenvalue weighted by atomic mass is 16.6. The van der Waals surface area contributed by atoms with Crippen molar-refractivity contribution in [3.63, 3.8) is 0 Å². The maximum absolute atomic E-state index is 12.1. The first-order chi connectivity index (χ1) is 10.7. The van der Waals surface area contributed by atoms with Crippen LogP contribution in [0.25, 0.3) is 10.4 Å². The zero-order valence-corrected chi connectivity index (χ0v) is 13.9. The van der Waals surface area contributed by atoms with Crippen molar-refractivity contribution in [2.75, 3.05) is 6.61 Å². The molecule has 0 heterocycles. The lowest BCUT2D eigenvalue weighted by molar-refractivity contribution is -0.152. The van der Waals surface area contributed by atoms with Crippen LogP contribution >= 0.6 is 0 Å². The molecule has 1 fully saturated rings. The van der Waals surface area contributed by atoms with Gasteiger partial charge >= 0.3 is 12.1 Å². The Labute approximate surface area is 135 Å². The predicted octanol–water partition coefficient (Wildman–Crippen LogP) is 1.89. The van der Waals surface area contributed by atoms with Crippen LogP contribution in [0.4, 0.5) is 4.79 Å². The maximum atomic E-state index is 12.1. The molecule has 0 aromatic heterocycles. The summed E-state index contributed by atoms with van der Waals surface area (Å²) in [4.78, 5) is 26.7. The van der Waals surface area contributed by atoms with E-state index in [-0.39, 0.29) is 6.61 Å². The Kier molecular flexibility index (Phi) is 6.65. The minimum Gasteiger partial charge on any atom is -0.466 e. The first kappa shape index (κ1) is 19.1. The van der Waals surface area contributed by atoms with Crippen molar-refractivity contribution in [3.05, 3.63) is 10.4 Å². The van der Waals surface area contributed by atoms with Gasteiger partial charge in [-0.2, -0.15) is 0 Å². The van der Waals surface area contributed by atoms with E-state index in [0.717, 1.165) is 0 Å². The van der Waals surface area contributed by atoms with E-state index in [0.29, 0.717) is 12.8 Å². The molecule has 1 amide bonds. The minimum atomic E-state index is -1.19. The minimum absolute atomic E-state index is 0.199. The molecule has 0 radical (unpaired) electrons. The number of ether oxygens (including phenoxy) is 2. The Hall–Kier alpha value is -1.99. The fourth-order valence-electron chi connectivity index (χ4n) is 2.51. The molecule has 1 saturated carbocycles. The average molecular weight is 328 g/mol. The molecule has 0 aromatic rings. The molecule has 130 valence electrons. The standard InChI is InChI=1S/C14H24N4O5/c1-5-22-12(20)8-6-7-9(17-18-15)11(19)10(8)16-13(21)23-14(2,3)4/h8-11,19H,5-7H2,1-4H3,(H,16,21)/t8-,9-,10-,11+/m1/s1. The molecular formula is C14H24N4O5. The number of hydrogen-bond donors (Lipinski definition) is 2. The van der Waals surface area contributed by atoms with Gasteiger partial charge in [-0.25, -0.2) is 4.79 Å². The zero-order chi connectivity index (χ0) is 17.6. The van der Waals surface area contributed by atoms with Crippen LogP contribution < -0.4 is 5.32 Å². The molecule has 0 bridgehead atoms. The summed E-state index contributed by atoms with van der Waals surface area (Å²) in [5.41, 5.74) is 7.85. The number of rotatable bonds is 4. The van der Waals surface area contributed by atoms with Gasteiger partial charge in [-0.1, -0.05) is 5.11 Å². The van der Waals surface area contributed by atoms with Crippen molar-refractivity contribution >= 4 is 12.1 Å². The van der Waals surface area contributed by atoms with Crippen LogP contribution in [0.2, 0.25) is 0 Å². The van der Waals surface area contributed by atoms with E-state index in [1.54, 1.807) is 27.7 Å². The predicted molar refractivity (Wildman–Crippen MR) is 81.5 cm³/mol. The SMILES string of the molecule is CCOC(=O)[C@@H]1CC[C@@H](N=[N+]=[N-])[C@H](O)[C@@H]1NC(=O)OC(C)(C)C. The number of alkyl carbamates (subject to hydrolysis) is 1. The van der Waals surface area contributed by atoms with Crippen LogP contribution in [0.15, 0.2) is 5.11 Å². The number of nitrogens with one attached hydrogen (secondary N) is 1. The monoisotopic (exact) mass is 328 g/mol. The van der Waals surface area contributed by atoms with Crippen LogP contribution in [0.1, 0.15) is 40.5 Å². The maximum Gasteiger partial charge on any atom is 0.407 e. The van der Waals surface area contributed by atoms with E-state index in [1.165, 1.54) is 0 Å². The Morgan fingerprint density at radius 2 is 2.04 bits per heavy atom. The first-order valence-corrected chi connectivity index (χ1v) is 7.58. The van der Waals surface area contributed by atoms with Crippen molar-refractivity contribution in [2.24, 2.45) is 11.0 Å². The van der Waals surface area contributed by atoms with Crippen LogP contribution in [0.5, 0.6) is 0 Å². The normalized spacial score (nSPS) is 27.5. The van der Waals surface area contributed by atoms with Gasteiger partial charge in [-0.3, -0.25) is 4.79 Å². The number of aliphatic hydroxyl groups excluding tert-OH is 1. The molecular weight excluding hydrogens is 304 g/mol. The van der Waals surface area contributed by atoms with Gasteiger partial charge < -0.3 is 19.9 Å².